The summed E-state index contributed by atoms with van der Waals surface area (Å²) in [6.45, 7) is 4.33. The van der Waals surface area contributed by atoms with Crippen molar-refractivity contribution in [2.75, 3.05) is 11.5 Å². The Morgan fingerprint density at radius 2 is 2.27 bits per heavy atom. The van der Waals surface area contributed by atoms with E-state index in [9.17, 15) is 0 Å². The van der Waals surface area contributed by atoms with Gasteiger partial charge in [-0.25, -0.2) is 0 Å². The smallest absolute Gasteiger partial charge is 0.0939 e. The van der Waals surface area contributed by atoms with Crippen LogP contribution in [-0.4, -0.2) is 21.3 Å². The third kappa shape index (κ3) is 4.51. The van der Waals surface area contributed by atoms with E-state index < -0.39 is 0 Å². The molecule has 1 unspecified atom stereocenters. The molecule has 4 heteroatoms. The molecule has 15 heavy (non-hydrogen) atoms. The monoisotopic (exact) mass is 244 g/mol. The maximum atomic E-state index is 4.33. The zero-order valence-corrected chi connectivity index (χ0v) is 11.4. The lowest BCUT2D eigenvalue weighted by atomic mass is 10.1. The van der Waals surface area contributed by atoms with E-state index in [2.05, 4.69) is 30.7 Å². The Morgan fingerprint density at radius 1 is 1.53 bits per heavy atom. The van der Waals surface area contributed by atoms with Crippen molar-refractivity contribution in [3.8, 4) is 0 Å². The van der Waals surface area contributed by atoms with Crippen LogP contribution in [0.25, 0.3) is 0 Å². The molecule has 0 aliphatic rings. The molecule has 1 aromatic rings. The Bertz CT molecular complexity index is 297. The van der Waals surface area contributed by atoms with Crippen LogP contribution in [0.4, 0.5) is 0 Å². The van der Waals surface area contributed by atoms with E-state index in [0.29, 0.717) is 0 Å². The van der Waals surface area contributed by atoms with Crippen molar-refractivity contribution in [2.24, 2.45) is 13.0 Å². The van der Waals surface area contributed by atoms with Crippen LogP contribution in [0.1, 0.15) is 25.5 Å². The summed E-state index contributed by atoms with van der Waals surface area (Å²) < 4.78 is 1.96. The molecule has 0 aromatic carbocycles. The van der Waals surface area contributed by atoms with Gasteiger partial charge < -0.3 is 0 Å². The average Bonchev–Trinajstić information content (AvgIpc) is 2.46. The van der Waals surface area contributed by atoms with Crippen molar-refractivity contribution in [1.82, 2.24) is 9.78 Å². The molecule has 0 N–H and O–H groups in total. The Hall–Kier alpha value is -0.0900. The fraction of sp³-hybridized carbons (Fsp3) is 0.727. The third-order valence-electron chi connectivity index (χ3n) is 2.44. The Labute approximate surface area is 102 Å². The quantitative estimate of drug-likeness (QED) is 0.612. The third-order valence-corrected chi connectivity index (χ3v) is 3.82. The van der Waals surface area contributed by atoms with Gasteiger partial charge in [-0.2, -0.15) is 17.7 Å². The Balaban J connectivity index is 2.28. The first kappa shape index (κ1) is 13.0. The molecule has 0 radical (unpaired) electrons. The van der Waals surface area contributed by atoms with E-state index in [-0.39, 0.29) is 0 Å². The lowest BCUT2D eigenvalue weighted by Gasteiger charge is -2.08. The molecule has 0 amide bonds. The molecule has 1 atom stereocenters. The highest BCUT2D eigenvalue weighted by atomic mass is 32.2. The minimum Gasteiger partial charge on any atom is -0.262 e. The number of hydrogen-bond acceptors (Lipinski definition) is 3. The highest BCUT2D eigenvalue weighted by molar-refractivity contribution is 7.99. The molecule has 0 fully saturated rings. The number of thiol groups is 1. The van der Waals surface area contributed by atoms with Gasteiger partial charge in [0.15, 0.2) is 0 Å². The second-order valence-electron chi connectivity index (χ2n) is 4.00. The molecule has 86 valence electrons. The Morgan fingerprint density at radius 3 is 2.80 bits per heavy atom. The lowest BCUT2D eigenvalue weighted by Crippen LogP contribution is -1.98. The first-order valence-corrected chi connectivity index (χ1v) is 6.99. The number of nitrogens with zero attached hydrogens (tertiary/aromatic N) is 2. The molecule has 2 nitrogen and oxygen atoms in total. The zero-order chi connectivity index (χ0) is 11.3. The van der Waals surface area contributed by atoms with E-state index in [4.69, 9.17) is 0 Å². The highest BCUT2D eigenvalue weighted by Crippen LogP contribution is 2.21. The first-order chi connectivity index (χ1) is 7.13. The summed E-state index contributed by atoms with van der Waals surface area (Å²) in [5.74, 6) is 2.95. The summed E-state index contributed by atoms with van der Waals surface area (Å²) in [4.78, 5) is 0. The van der Waals surface area contributed by atoms with Crippen LogP contribution >= 0.6 is 24.4 Å². The molecule has 1 aromatic heterocycles. The summed E-state index contributed by atoms with van der Waals surface area (Å²) >= 11 is 6.15. The fourth-order valence-electron chi connectivity index (χ4n) is 1.45. The normalized spacial score (nSPS) is 13.1. The van der Waals surface area contributed by atoms with Crippen LogP contribution in [0, 0.1) is 12.8 Å². The number of aryl methyl sites for hydroxylation is 2. The second-order valence-corrected chi connectivity index (χ2v) is 5.56. The lowest BCUT2D eigenvalue weighted by molar-refractivity contribution is 0.553. The standard InChI is InChI=1S/C11H20N2S2/c1-9(4-6-14)5-7-15-11-8-10(2)12-13(11)3/h8-9,14H,4-7H2,1-3H3. The van der Waals surface area contributed by atoms with Gasteiger partial charge in [0.05, 0.1) is 10.7 Å². The van der Waals surface area contributed by atoms with Gasteiger partial charge >= 0.3 is 0 Å². The van der Waals surface area contributed by atoms with Gasteiger partial charge in [-0.1, -0.05) is 6.92 Å². The van der Waals surface area contributed by atoms with E-state index in [1.54, 1.807) is 0 Å². The van der Waals surface area contributed by atoms with Gasteiger partial charge in [-0.3, -0.25) is 4.68 Å². The summed E-state index contributed by atoms with van der Waals surface area (Å²) in [6.07, 6.45) is 2.48. The van der Waals surface area contributed by atoms with Gasteiger partial charge in [0.1, 0.15) is 0 Å². The molecular formula is C11H20N2S2. The summed E-state index contributed by atoms with van der Waals surface area (Å²) in [5.41, 5.74) is 1.10. The molecule has 1 heterocycles. The molecule has 0 bridgehead atoms. The van der Waals surface area contributed by atoms with Gasteiger partial charge in [0, 0.05) is 7.05 Å². The topological polar surface area (TPSA) is 17.8 Å². The molecular weight excluding hydrogens is 224 g/mol. The van der Waals surface area contributed by atoms with Crippen molar-refractivity contribution >= 4 is 24.4 Å². The van der Waals surface area contributed by atoms with Gasteiger partial charge in [-0.05, 0) is 43.3 Å². The van der Waals surface area contributed by atoms with Crippen LogP contribution < -0.4 is 0 Å². The van der Waals surface area contributed by atoms with Gasteiger partial charge in [-0.15, -0.1) is 11.8 Å². The summed E-state index contributed by atoms with van der Waals surface area (Å²) in [5, 5.41) is 5.60. The van der Waals surface area contributed by atoms with E-state index in [0.717, 1.165) is 17.4 Å². The minimum atomic E-state index is 0.782. The molecule has 0 saturated heterocycles. The van der Waals surface area contributed by atoms with Crippen molar-refractivity contribution in [1.29, 1.82) is 0 Å². The largest absolute Gasteiger partial charge is 0.262 e. The summed E-state index contributed by atoms with van der Waals surface area (Å²) in [7, 11) is 2.01. The number of hydrogen-bond donors (Lipinski definition) is 1. The summed E-state index contributed by atoms with van der Waals surface area (Å²) in [6, 6.07) is 2.15. The van der Waals surface area contributed by atoms with E-state index in [1.807, 2.05) is 30.4 Å². The van der Waals surface area contributed by atoms with Crippen LogP contribution in [0.3, 0.4) is 0 Å². The average molecular weight is 244 g/mol. The van der Waals surface area contributed by atoms with Crippen molar-refractivity contribution < 1.29 is 0 Å². The van der Waals surface area contributed by atoms with Crippen LogP contribution in [0.15, 0.2) is 11.1 Å². The highest BCUT2D eigenvalue weighted by Gasteiger charge is 2.04. The van der Waals surface area contributed by atoms with Crippen molar-refractivity contribution in [2.45, 2.75) is 31.7 Å². The zero-order valence-electron chi connectivity index (χ0n) is 9.73. The maximum absolute atomic E-state index is 4.33. The number of thioether (sulfide) groups is 1. The molecule has 0 spiro atoms. The van der Waals surface area contributed by atoms with E-state index >= 15 is 0 Å². The molecule has 1 rings (SSSR count). The SMILES string of the molecule is Cc1cc(SCCC(C)CCS)n(C)n1. The number of rotatable bonds is 6. The fourth-order valence-corrected chi connectivity index (χ4v) is 3.10. The maximum Gasteiger partial charge on any atom is 0.0939 e. The van der Waals surface area contributed by atoms with Gasteiger partial charge in [0.25, 0.3) is 0 Å². The minimum absolute atomic E-state index is 0.782. The van der Waals surface area contributed by atoms with Crippen LogP contribution in [0.5, 0.6) is 0 Å². The van der Waals surface area contributed by atoms with Gasteiger partial charge in [0.2, 0.25) is 0 Å². The van der Waals surface area contributed by atoms with Crippen molar-refractivity contribution in [3.63, 3.8) is 0 Å². The molecule has 0 aliphatic heterocycles. The van der Waals surface area contributed by atoms with Crippen LogP contribution in [-0.2, 0) is 7.05 Å². The van der Waals surface area contributed by atoms with Crippen molar-refractivity contribution in [3.05, 3.63) is 11.8 Å². The number of aromatic nitrogens is 2. The molecule has 0 saturated carbocycles. The van der Waals surface area contributed by atoms with E-state index in [1.165, 1.54) is 23.6 Å². The molecule has 0 aliphatic carbocycles. The predicted molar refractivity (Wildman–Crippen MR) is 70.9 cm³/mol. The predicted octanol–water partition coefficient (Wildman–Crippen LogP) is 3.17. The van der Waals surface area contributed by atoms with Crippen LogP contribution in [0.2, 0.25) is 0 Å². The first-order valence-electron chi connectivity index (χ1n) is 5.37. The second kappa shape index (κ2) is 6.48. The Kier molecular flexibility index (Phi) is 5.61.